The van der Waals surface area contributed by atoms with E-state index in [0.29, 0.717) is 15.2 Å². The standard InChI is InChI=1S/C12H10N2S2/c13-11(15)9-6-7-10(14-12(9)16)8-4-2-1-3-5-8/h1-7H,(H2,13,15)(H,14,16). The van der Waals surface area contributed by atoms with E-state index >= 15 is 0 Å². The number of pyridine rings is 1. The van der Waals surface area contributed by atoms with E-state index in [2.05, 4.69) is 4.98 Å². The van der Waals surface area contributed by atoms with Crippen molar-refractivity contribution >= 4 is 29.4 Å². The minimum absolute atomic E-state index is 0.320. The van der Waals surface area contributed by atoms with Crippen LogP contribution in [0.15, 0.2) is 42.5 Å². The Kier molecular flexibility index (Phi) is 3.12. The fraction of sp³-hybridized carbons (Fsp3) is 0. The first-order valence-electron chi connectivity index (χ1n) is 4.77. The molecule has 16 heavy (non-hydrogen) atoms. The molecule has 2 aromatic rings. The van der Waals surface area contributed by atoms with Gasteiger partial charge in [0.25, 0.3) is 0 Å². The lowest BCUT2D eigenvalue weighted by atomic mass is 10.1. The lowest BCUT2D eigenvalue weighted by Gasteiger charge is -2.04. The Morgan fingerprint density at radius 2 is 1.75 bits per heavy atom. The quantitative estimate of drug-likeness (QED) is 0.800. The summed E-state index contributed by atoms with van der Waals surface area (Å²) >= 11 is 10.1. The largest absolute Gasteiger partial charge is 0.389 e. The van der Waals surface area contributed by atoms with Crippen molar-refractivity contribution < 1.29 is 0 Å². The molecular weight excluding hydrogens is 236 g/mol. The first kappa shape index (κ1) is 11.0. The number of thiocarbonyl (C=S) groups is 1. The van der Waals surface area contributed by atoms with E-state index in [1.165, 1.54) is 0 Å². The minimum Gasteiger partial charge on any atom is -0.389 e. The Morgan fingerprint density at radius 3 is 2.31 bits per heavy atom. The van der Waals surface area contributed by atoms with E-state index in [0.717, 1.165) is 11.3 Å². The van der Waals surface area contributed by atoms with Crippen LogP contribution in [0.5, 0.6) is 0 Å². The molecule has 0 aliphatic rings. The lowest BCUT2D eigenvalue weighted by Crippen LogP contribution is -2.10. The predicted octanol–water partition coefficient (Wildman–Crippen LogP) is 3.05. The number of aromatic amines is 1. The Balaban J connectivity index is 2.51. The van der Waals surface area contributed by atoms with Gasteiger partial charge in [0.1, 0.15) is 9.63 Å². The highest BCUT2D eigenvalue weighted by molar-refractivity contribution is 7.80. The van der Waals surface area contributed by atoms with Gasteiger partial charge in [-0.2, -0.15) is 0 Å². The number of nitrogens with one attached hydrogen (secondary N) is 1. The van der Waals surface area contributed by atoms with Gasteiger partial charge in [-0.05, 0) is 17.7 Å². The van der Waals surface area contributed by atoms with Crippen molar-refractivity contribution in [3.05, 3.63) is 52.7 Å². The fourth-order valence-corrected chi connectivity index (χ4v) is 1.98. The third-order valence-electron chi connectivity index (χ3n) is 2.26. The van der Waals surface area contributed by atoms with Gasteiger partial charge in [-0.15, -0.1) is 0 Å². The maximum Gasteiger partial charge on any atom is 0.113 e. The first-order chi connectivity index (χ1) is 7.68. The summed E-state index contributed by atoms with van der Waals surface area (Å²) < 4.78 is 0.578. The molecule has 0 saturated carbocycles. The number of H-pyrrole nitrogens is 1. The maximum atomic E-state index is 5.55. The van der Waals surface area contributed by atoms with E-state index in [1.54, 1.807) is 0 Å². The highest BCUT2D eigenvalue weighted by Crippen LogP contribution is 2.17. The summed E-state index contributed by atoms with van der Waals surface area (Å²) in [5, 5.41) is 0. The molecule has 2 rings (SSSR count). The summed E-state index contributed by atoms with van der Waals surface area (Å²) in [6.45, 7) is 0. The Hall–Kier alpha value is -1.52. The molecule has 4 heteroatoms. The van der Waals surface area contributed by atoms with Crippen LogP contribution in [0.2, 0.25) is 0 Å². The van der Waals surface area contributed by atoms with Gasteiger partial charge in [0.15, 0.2) is 0 Å². The summed E-state index contributed by atoms with van der Waals surface area (Å²) in [6, 6.07) is 13.7. The normalized spacial score (nSPS) is 10.0. The van der Waals surface area contributed by atoms with Crippen LogP contribution in [0.25, 0.3) is 11.3 Å². The van der Waals surface area contributed by atoms with Crippen molar-refractivity contribution in [1.82, 2.24) is 4.98 Å². The monoisotopic (exact) mass is 246 g/mol. The van der Waals surface area contributed by atoms with Gasteiger partial charge in [-0.1, -0.05) is 54.8 Å². The molecule has 0 radical (unpaired) electrons. The summed E-state index contributed by atoms with van der Waals surface area (Å²) in [5.41, 5.74) is 8.31. The van der Waals surface area contributed by atoms with Gasteiger partial charge in [0.05, 0.1) is 0 Å². The second kappa shape index (κ2) is 4.55. The predicted molar refractivity (Wildman–Crippen MR) is 73.0 cm³/mol. The molecule has 0 fully saturated rings. The van der Waals surface area contributed by atoms with Crippen molar-refractivity contribution in [1.29, 1.82) is 0 Å². The average Bonchev–Trinajstić information content (AvgIpc) is 2.29. The van der Waals surface area contributed by atoms with Gasteiger partial charge < -0.3 is 10.7 Å². The van der Waals surface area contributed by atoms with Crippen molar-refractivity contribution in [2.75, 3.05) is 0 Å². The summed E-state index contributed by atoms with van der Waals surface area (Å²) in [6.07, 6.45) is 0. The third-order valence-corrected chi connectivity index (χ3v) is 2.80. The highest BCUT2D eigenvalue weighted by atomic mass is 32.1. The van der Waals surface area contributed by atoms with Crippen LogP contribution < -0.4 is 5.73 Å². The number of hydrogen-bond acceptors (Lipinski definition) is 2. The number of hydrogen-bond donors (Lipinski definition) is 2. The van der Waals surface area contributed by atoms with E-state index in [-0.39, 0.29) is 0 Å². The van der Waals surface area contributed by atoms with E-state index < -0.39 is 0 Å². The SMILES string of the molecule is NC(=S)c1ccc(-c2ccccc2)[nH]c1=S. The topological polar surface area (TPSA) is 41.8 Å². The maximum absolute atomic E-state index is 5.55. The zero-order valence-corrected chi connectivity index (χ0v) is 10.1. The number of nitrogens with two attached hydrogens (primary N) is 1. The fourth-order valence-electron chi connectivity index (χ4n) is 1.45. The van der Waals surface area contributed by atoms with Crippen LogP contribution in [-0.2, 0) is 0 Å². The number of rotatable bonds is 2. The average molecular weight is 246 g/mol. The molecule has 1 heterocycles. The molecule has 0 atom stereocenters. The number of benzene rings is 1. The molecular formula is C12H10N2S2. The molecule has 80 valence electrons. The van der Waals surface area contributed by atoms with Crippen LogP contribution in [-0.4, -0.2) is 9.97 Å². The van der Waals surface area contributed by atoms with Crippen LogP contribution in [0, 0.1) is 4.64 Å². The molecule has 1 aromatic heterocycles. The highest BCUT2D eigenvalue weighted by Gasteiger charge is 2.02. The molecule has 2 nitrogen and oxygen atoms in total. The lowest BCUT2D eigenvalue weighted by molar-refractivity contribution is 1.28. The summed E-state index contributed by atoms with van der Waals surface area (Å²) in [7, 11) is 0. The van der Waals surface area contributed by atoms with Crippen LogP contribution in [0.1, 0.15) is 5.56 Å². The van der Waals surface area contributed by atoms with Gasteiger partial charge in [0, 0.05) is 11.3 Å². The molecule has 0 bridgehead atoms. The number of aromatic nitrogens is 1. The van der Waals surface area contributed by atoms with E-state index in [9.17, 15) is 0 Å². The van der Waals surface area contributed by atoms with Crippen molar-refractivity contribution in [2.45, 2.75) is 0 Å². The molecule has 0 aliphatic carbocycles. The zero-order valence-electron chi connectivity index (χ0n) is 8.44. The smallest absolute Gasteiger partial charge is 0.113 e. The zero-order chi connectivity index (χ0) is 11.5. The van der Waals surface area contributed by atoms with Crippen LogP contribution in [0.4, 0.5) is 0 Å². The molecule has 0 aliphatic heterocycles. The van der Waals surface area contributed by atoms with Crippen LogP contribution >= 0.6 is 24.4 Å². The Bertz CT molecular complexity index is 573. The minimum atomic E-state index is 0.320. The molecule has 0 amide bonds. The Labute approximate surface area is 104 Å². The second-order valence-electron chi connectivity index (χ2n) is 3.35. The van der Waals surface area contributed by atoms with Crippen molar-refractivity contribution in [3.63, 3.8) is 0 Å². The van der Waals surface area contributed by atoms with Crippen molar-refractivity contribution in [2.24, 2.45) is 5.73 Å². The molecule has 0 spiro atoms. The third kappa shape index (κ3) is 2.18. The van der Waals surface area contributed by atoms with Crippen molar-refractivity contribution in [3.8, 4) is 11.3 Å². The van der Waals surface area contributed by atoms with E-state index in [4.69, 9.17) is 30.2 Å². The second-order valence-corrected chi connectivity index (χ2v) is 4.19. The van der Waals surface area contributed by atoms with Crippen LogP contribution in [0.3, 0.4) is 0 Å². The van der Waals surface area contributed by atoms with Gasteiger partial charge in [0.2, 0.25) is 0 Å². The molecule has 0 unspecified atom stereocenters. The summed E-state index contributed by atoms with van der Waals surface area (Å²) in [4.78, 5) is 3.44. The van der Waals surface area contributed by atoms with E-state index in [1.807, 2.05) is 42.5 Å². The van der Waals surface area contributed by atoms with Gasteiger partial charge >= 0.3 is 0 Å². The van der Waals surface area contributed by atoms with Gasteiger partial charge in [-0.3, -0.25) is 0 Å². The Morgan fingerprint density at radius 1 is 1.06 bits per heavy atom. The summed E-state index contributed by atoms with van der Waals surface area (Å²) in [5.74, 6) is 0. The first-order valence-corrected chi connectivity index (χ1v) is 5.58. The van der Waals surface area contributed by atoms with Gasteiger partial charge in [-0.25, -0.2) is 0 Å². The molecule has 3 N–H and O–H groups in total. The molecule has 0 saturated heterocycles. The molecule has 1 aromatic carbocycles.